The van der Waals surface area contributed by atoms with Crippen LogP contribution in [0, 0.1) is 0 Å². The zero-order valence-corrected chi connectivity index (χ0v) is 20.6. The highest BCUT2D eigenvalue weighted by atomic mass is 32.2. The molecule has 4 heterocycles. The van der Waals surface area contributed by atoms with Crippen molar-refractivity contribution in [3.63, 3.8) is 0 Å². The first-order chi connectivity index (χ1) is 17.2. The van der Waals surface area contributed by atoms with Crippen molar-refractivity contribution < 1.29 is 18.0 Å². The lowest BCUT2D eigenvalue weighted by Gasteiger charge is -2.35. The van der Waals surface area contributed by atoms with Crippen LogP contribution >= 0.6 is 0 Å². The topological polar surface area (TPSA) is 145 Å². The number of nitrogens with zero attached hydrogens (tertiary/aromatic N) is 7. The van der Waals surface area contributed by atoms with Gasteiger partial charge in [0.15, 0.2) is 5.65 Å². The number of aromatic nitrogens is 4. The number of fused-ring (bicyclic) bond motifs is 1. The average Bonchev–Trinajstić information content (AvgIpc) is 3.41. The Morgan fingerprint density at radius 1 is 1.06 bits per heavy atom. The van der Waals surface area contributed by atoms with Crippen molar-refractivity contribution in [2.75, 3.05) is 50.5 Å². The second-order valence-electron chi connectivity index (χ2n) is 8.57. The Bertz CT molecular complexity index is 1460. The molecule has 2 aliphatic heterocycles. The van der Waals surface area contributed by atoms with Crippen LogP contribution in [0.1, 0.15) is 12.0 Å². The predicted molar refractivity (Wildman–Crippen MR) is 133 cm³/mol. The van der Waals surface area contributed by atoms with E-state index in [2.05, 4.69) is 20.7 Å². The summed E-state index contributed by atoms with van der Waals surface area (Å²) in [5.41, 5.74) is 2.13. The monoisotopic (exact) mass is 511 g/mol. The molecule has 2 saturated heterocycles. The molecule has 0 radical (unpaired) electrons. The summed E-state index contributed by atoms with van der Waals surface area (Å²) in [6.07, 6.45) is 3.16. The van der Waals surface area contributed by atoms with E-state index in [1.807, 2.05) is 35.2 Å². The number of anilines is 3. The molecule has 5 rings (SSSR count). The van der Waals surface area contributed by atoms with Gasteiger partial charge in [-0.1, -0.05) is 18.2 Å². The molecule has 1 aromatic carbocycles. The molecule has 2 aromatic heterocycles. The first-order valence-corrected chi connectivity index (χ1v) is 12.7. The minimum atomic E-state index is -3.51. The van der Waals surface area contributed by atoms with E-state index in [-0.39, 0.29) is 25.4 Å². The normalized spacial score (nSPS) is 18.4. The molecule has 2 aliphatic rings. The maximum Gasteiger partial charge on any atom is 0.281 e. The highest BCUT2D eigenvalue weighted by Crippen LogP contribution is 2.24. The van der Waals surface area contributed by atoms with Gasteiger partial charge in [-0.15, -0.1) is 0 Å². The van der Waals surface area contributed by atoms with Gasteiger partial charge in [-0.2, -0.15) is 36.6 Å². The fraction of sp³-hybridized carbons (Fsp3) is 0.318. The van der Waals surface area contributed by atoms with Crippen molar-refractivity contribution in [1.82, 2.24) is 33.5 Å². The smallest absolute Gasteiger partial charge is 0.281 e. The van der Waals surface area contributed by atoms with E-state index in [9.17, 15) is 18.0 Å². The van der Waals surface area contributed by atoms with E-state index in [4.69, 9.17) is 4.98 Å². The van der Waals surface area contributed by atoms with Crippen LogP contribution in [0.4, 0.5) is 17.6 Å². The lowest BCUT2D eigenvalue weighted by atomic mass is 10.1. The first-order valence-electron chi connectivity index (χ1n) is 11.3. The third-order valence-corrected chi connectivity index (χ3v) is 7.89. The van der Waals surface area contributed by atoms with Gasteiger partial charge < -0.3 is 10.2 Å². The third-order valence-electron chi connectivity index (χ3n) is 5.95. The molecule has 2 N–H and O–H groups in total. The second kappa shape index (κ2) is 9.29. The maximum absolute atomic E-state index is 12.5. The summed E-state index contributed by atoms with van der Waals surface area (Å²) in [7, 11) is -0.494. The fourth-order valence-electron chi connectivity index (χ4n) is 4.02. The Morgan fingerprint density at radius 2 is 1.78 bits per heavy atom. The van der Waals surface area contributed by atoms with E-state index in [0.29, 0.717) is 41.8 Å². The second-order valence-corrected chi connectivity index (χ2v) is 10.7. The summed E-state index contributed by atoms with van der Waals surface area (Å²) in [4.78, 5) is 35.0. The number of nitrogens with one attached hydrogen (secondary N) is 2. The highest BCUT2D eigenvalue weighted by molar-refractivity contribution is 7.86. The molecule has 0 aliphatic carbocycles. The number of benzene rings is 1. The van der Waals surface area contributed by atoms with Crippen molar-refractivity contribution >= 4 is 51.3 Å². The van der Waals surface area contributed by atoms with Gasteiger partial charge in [-0.3, -0.25) is 14.9 Å². The van der Waals surface area contributed by atoms with Crippen LogP contribution in [0.2, 0.25) is 0 Å². The SMILES string of the molecule is CN(C)S(=O)(=O)N1CCN(c2nc(Nc3ccccc3)n3ncc(C=C4CC(=O)NC4=O)c3n2)CC1. The molecule has 13 nitrogen and oxygen atoms in total. The largest absolute Gasteiger partial charge is 0.338 e. The van der Waals surface area contributed by atoms with Gasteiger partial charge >= 0.3 is 0 Å². The molecule has 0 atom stereocenters. The number of carbonyl (C=O) groups excluding carboxylic acids is 2. The lowest BCUT2D eigenvalue weighted by molar-refractivity contribution is -0.124. The minimum absolute atomic E-state index is 0.00839. The molecule has 0 spiro atoms. The molecule has 2 fully saturated rings. The van der Waals surface area contributed by atoms with E-state index >= 15 is 0 Å². The summed E-state index contributed by atoms with van der Waals surface area (Å²) in [6.45, 7) is 1.37. The summed E-state index contributed by atoms with van der Waals surface area (Å²) in [5, 5.41) is 9.93. The molecule has 14 heteroatoms. The number of piperazine rings is 1. The van der Waals surface area contributed by atoms with Gasteiger partial charge in [0.1, 0.15) is 0 Å². The first kappa shape index (κ1) is 23.8. The summed E-state index contributed by atoms with van der Waals surface area (Å²) in [6, 6.07) is 9.46. The Morgan fingerprint density at radius 3 is 2.42 bits per heavy atom. The summed E-state index contributed by atoms with van der Waals surface area (Å²) >= 11 is 0. The van der Waals surface area contributed by atoms with Crippen molar-refractivity contribution in [2.24, 2.45) is 0 Å². The number of amides is 2. The standard InChI is InChI=1S/C22H25N9O4S/c1-28(2)36(34,35)30-10-8-29(9-11-30)21-26-19-16(12-15-13-18(32)25-20(15)33)14-23-31(19)22(27-21)24-17-6-4-3-5-7-17/h3-7,12,14H,8-11,13H2,1-2H3,(H,24,26,27)(H,25,32,33). The van der Waals surface area contributed by atoms with Crippen LogP contribution in [0.5, 0.6) is 0 Å². The zero-order valence-electron chi connectivity index (χ0n) is 19.7. The number of hydrogen-bond acceptors (Lipinski definition) is 9. The predicted octanol–water partition coefficient (Wildman–Crippen LogP) is 0.226. The van der Waals surface area contributed by atoms with Gasteiger partial charge in [0, 0.05) is 57.1 Å². The van der Waals surface area contributed by atoms with E-state index in [0.717, 1.165) is 5.69 Å². The van der Waals surface area contributed by atoms with Gasteiger partial charge in [-0.25, -0.2) is 0 Å². The number of hydrogen-bond donors (Lipinski definition) is 2. The molecule has 188 valence electrons. The zero-order chi connectivity index (χ0) is 25.4. The van der Waals surface area contributed by atoms with Crippen molar-refractivity contribution in [2.45, 2.75) is 6.42 Å². The van der Waals surface area contributed by atoms with E-state index < -0.39 is 16.1 Å². The van der Waals surface area contributed by atoms with Gasteiger partial charge in [-0.05, 0) is 18.2 Å². The quantitative estimate of drug-likeness (QED) is 0.351. The Labute approximate surface area is 207 Å². The Kier molecular flexibility index (Phi) is 6.15. The fourth-order valence-corrected chi connectivity index (χ4v) is 5.10. The summed E-state index contributed by atoms with van der Waals surface area (Å²) < 4.78 is 29.2. The van der Waals surface area contributed by atoms with Crippen molar-refractivity contribution in [3.8, 4) is 0 Å². The van der Waals surface area contributed by atoms with Gasteiger partial charge in [0.05, 0.1) is 12.6 Å². The number of imide groups is 1. The van der Waals surface area contributed by atoms with Crippen LogP contribution in [-0.4, -0.2) is 88.7 Å². The van der Waals surface area contributed by atoms with Crippen LogP contribution in [0.3, 0.4) is 0 Å². The van der Waals surface area contributed by atoms with E-state index in [1.165, 1.54) is 27.2 Å². The minimum Gasteiger partial charge on any atom is -0.338 e. The lowest BCUT2D eigenvalue weighted by Crippen LogP contribution is -2.52. The number of rotatable bonds is 6. The van der Waals surface area contributed by atoms with Gasteiger partial charge in [0.25, 0.3) is 16.1 Å². The Balaban J connectivity index is 1.52. The third kappa shape index (κ3) is 4.53. The molecule has 0 unspecified atom stereocenters. The highest BCUT2D eigenvalue weighted by Gasteiger charge is 2.30. The molecule has 2 amide bonds. The van der Waals surface area contributed by atoms with Crippen LogP contribution in [0.25, 0.3) is 11.7 Å². The van der Waals surface area contributed by atoms with Crippen LogP contribution in [-0.2, 0) is 19.8 Å². The molecule has 0 bridgehead atoms. The maximum atomic E-state index is 12.5. The molecule has 0 saturated carbocycles. The number of carbonyl (C=O) groups is 2. The van der Waals surface area contributed by atoms with Crippen molar-refractivity contribution in [3.05, 3.63) is 47.7 Å². The van der Waals surface area contributed by atoms with Crippen LogP contribution < -0.4 is 15.5 Å². The van der Waals surface area contributed by atoms with Crippen LogP contribution in [0.15, 0.2) is 42.1 Å². The Hall–Kier alpha value is -3.88. The van der Waals surface area contributed by atoms with Crippen molar-refractivity contribution in [1.29, 1.82) is 0 Å². The molecule has 36 heavy (non-hydrogen) atoms. The number of para-hydroxylation sites is 1. The van der Waals surface area contributed by atoms with E-state index in [1.54, 1.807) is 12.3 Å². The average molecular weight is 512 g/mol. The van der Waals surface area contributed by atoms with Gasteiger partial charge in [0.2, 0.25) is 17.8 Å². The summed E-state index contributed by atoms with van der Waals surface area (Å²) in [5.74, 6) is 0.0144. The molecular weight excluding hydrogens is 486 g/mol. The molecule has 3 aromatic rings. The molecular formula is C22H25N9O4S.